The van der Waals surface area contributed by atoms with E-state index in [0.29, 0.717) is 6.42 Å². The normalized spacial score (nSPS) is 16.7. The zero-order valence-corrected chi connectivity index (χ0v) is 17.7. The molecule has 0 aliphatic carbocycles. The van der Waals surface area contributed by atoms with Gasteiger partial charge in [0.25, 0.3) is 0 Å². The Morgan fingerprint density at radius 1 is 1.25 bits per heavy atom. The Labute approximate surface area is 185 Å². The van der Waals surface area contributed by atoms with Crippen molar-refractivity contribution >= 4 is 16.7 Å². The van der Waals surface area contributed by atoms with Crippen LogP contribution in [0.5, 0.6) is 0 Å². The summed E-state index contributed by atoms with van der Waals surface area (Å²) in [5.74, 6) is 0.257. The van der Waals surface area contributed by atoms with Crippen LogP contribution in [0.3, 0.4) is 0 Å². The molecule has 4 aromatic rings. The lowest BCUT2D eigenvalue weighted by Crippen LogP contribution is -2.25. The summed E-state index contributed by atoms with van der Waals surface area (Å²) < 4.78 is 1.91. The zero-order chi connectivity index (χ0) is 22.1. The van der Waals surface area contributed by atoms with Gasteiger partial charge in [-0.2, -0.15) is 15.6 Å². The van der Waals surface area contributed by atoms with Crippen LogP contribution >= 0.6 is 0 Å². The Morgan fingerprint density at radius 2 is 2.16 bits per heavy atom. The summed E-state index contributed by atoms with van der Waals surface area (Å²) in [5, 5.41) is 24.7. The first-order chi connectivity index (χ1) is 15.7. The lowest BCUT2D eigenvalue weighted by atomic mass is 9.96. The van der Waals surface area contributed by atoms with E-state index in [1.807, 2.05) is 48.3 Å². The standard InChI is InChI=1S/C24H22N8/c1-16-3-2-4-22(20(16)11-26)31-10-7-17(13-31)21(5-8-25)32-14-18(12-30-32)23-19-6-9-27-24(19)29-15-28-23/h2-4,6,9,12,14-15,17,21H,5,7,10,13H2,1H3,(H,27,28,29)/t17-,21-/m0/s1. The highest BCUT2D eigenvalue weighted by Gasteiger charge is 2.32. The molecule has 1 aliphatic heterocycles. The average molecular weight is 422 g/mol. The quantitative estimate of drug-likeness (QED) is 0.521. The van der Waals surface area contributed by atoms with Crippen LogP contribution in [0.4, 0.5) is 5.69 Å². The third kappa shape index (κ3) is 3.36. The molecule has 1 N–H and O–H groups in total. The minimum atomic E-state index is -0.0438. The topological polar surface area (TPSA) is 110 Å². The van der Waals surface area contributed by atoms with Gasteiger partial charge in [-0.1, -0.05) is 12.1 Å². The van der Waals surface area contributed by atoms with Crippen molar-refractivity contribution in [3.8, 4) is 23.4 Å². The predicted molar refractivity (Wildman–Crippen MR) is 121 cm³/mol. The van der Waals surface area contributed by atoms with Gasteiger partial charge >= 0.3 is 0 Å². The molecule has 0 radical (unpaired) electrons. The third-order valence-corrected chi connectivity index (χ3v) is 6.34. The molecule has 0 amide bonds. The van der Waals surface area contributed by atoms with E-state index in [1.165, 1.54) is 0 Å². The van der Waals surface area contributed by atoms with Crippen LogP contribution in [0.2, 0.25) is 0 Å². The Morgan fingerprint density at radius 3 is 3.00 bits per heavy atom. The van der Waals surface area contributed by atoms with Gasteiger partial charge in [-0.05, 0) is 31.0 Å². The third-order valence-electron chi connectivity index (χ3n) is 6.34. The average Bonchev–Trinajstić information content (AvgIpc) is 3.57. The molecule has 0 bridgehead atoms. The van der Waals surface area contributed by atoms with Gasteiger partial charge in [-0.25, -0.2) is 9.97 Å². The predicted octanol–water partition coefficient (Wildman–Crippen LogP) is 3.98. The van der Waals surface area contributed by atoms with Crippen molar-refractivity contribution in [2.75, 3.05) is 18.0 Å². The van der Waals surface area contributed by atoms with Crippen molar-refractivity contribution in [2.45, 2.75) is 25.8 Å². The van der Waals surface area contributed by atoms with Crippen LogP contribution in [0, 0.1) is 35.5 Å². The first-order valence-electron chi connectivity index (χ1n) is 10.6. The number of rotatable bonds is 5. The number of aryl methyl sites for hydroxylation is 1. The number of nitrogens with one attached hydrogen (secondary N) is 1. The lowest BCUT2D eigenvalue weighted by Gasteiger charge is -2.24. The van der Waals surface area contributed by atoms with Crippen molar-refractivity contribution in [3.63, 3.8) is 0 Å². The summed E-state index contributed by atoms with van der Waals surface area (Å²) in [4.78, 5) is 14.1. The molecule has 1 aliphatic rings. The molecule has 4 heterocycles. The molecule has 8 heteroatoms. The number of aromatic amines is 1. The first-order valence-corrected chi connectivity index (χ1v) is 10.6. The largest absolute Gasteiger partial charge is 0.370 e. The maximum atomic E-state index is 9.62. The van der Waals surface area contributed by atoms with E-state index >= 15 is 0 Å². The summed E-state index contributed by atoms with van der Waals surface area (Å²) in [5.41, 5.74) is 5.20. The molecule has 3 aromatic heterocycles. The first kappa shape index (κ1) is 19.8. The number of hydrogen-bond acceptors (Lipinski definition) is 6. The number of aromatic nitrogens is 5. The fourth-order valence-corrected chi connectivity index (χ4v) is 4.70. The highest BCUT2D eigenvalue weighted by Crippen LogP contribution is 2.35. The van der Waals surface area contributed by atoms with Gasteiger partial charge in [-0.15, -0.1) is 0 Å². The van der Waals surface area contributed by atoms with Crippen LogP contribution in [-0.2, 0) is 0 Å². The number of nitrogens with zero attached hydrogens (tertiary/aromatic N) is 7. The number of anilines is 1. The second kappa shape index (κ2) is 8.16. The van der Waals surface area contributed by atoms with Crippen LogP contribution in [0.25, 0.3) is 22.3 Å². The fraction of sp³-hybridized carbons (Fsp3) is 0.292. The van der Waals surface area contributed by atoms with Gasteiger partial charge in [-0.3, -0.25) is 4.68 Å². The minimum Gasteiger partial charge on any atom is -0.370 e. The van der Waals surface area contributed by atoms with E-state index in [9.17, 15) is 10.5 Å². The molecular formula is C24H22N8. The molecule has 1 aromatic carbocycles. The summed E-state index contributed by atoms with van der Waals surface area (Å²) >= 11 is 0. The number of benzene rings is 1. The van der Waals surface area contributed by atoms with Crippen LogP contribution < -0.4 is 4.90 Å². The smallest absolute Gasteiger partial charge is 0.141 e. The van der Waals surface area contributed by atoms with E-state index in [1.54, 1.807) is 12.5 Å². The SMILES string of the molecule is Cc1cccc(N2CC[C@H]([C@H](CC#N)n3cc(-c4ncnc5[nH]ccc45)cn3)C2)c1C#N. The molecule has 1 saturated heterocycles. The maximum absolute atomic E-state index is 9.62. The molecule has 0 unspecified atom stereocenters. The Kier molecular flexibility index (Phi) is 5.04. The number of hydrogen-bond donors (Lipinski definition) is 1. The lowest BCUT2D eigenvalue weighted by molar-refractivity contribution is 0.332. The van der Waals surface area contributed by atoms with Gasteiger partial charge < -0.3 is 9.88 Å². The van der Waals surface area contributed by atoms with E-state index in [0.717, 1.165) is 58.6 Å². The Hall–Kier alpha value is -4.17. The molecule has 158 valence electrons. The molecule has 0 saturated carbocycles. The maximum Gasteiger partial charge on any atom is 0.141 e. The van der Waals surface area contributed by atoms with Crippen molar-refractivity contribution in [1.82, 2.24) is 24.7 Å². The van der Waals surface area contributed by atoms with Gasteiger partial charge in [0.05, 0.1) is 41.7 Å². The molecule has 2 atom stereocenters. The van der Waals surface area contributed by atoms with Crippen LogP contribution in [0.1, 0.15) is 30.0 Å². The summed E-state index contributed by atoms with van der Waals surface area (Å²) in [6.07, 6.45) is 8.49. The zero-order valence-electron chi connectivity index (χ0n) is 17.7. The highest BCUT2D eigenvalue weighted by molar-refractivity contribution is 5.89. The van der Waals surface area contributed by atoms with E-state index < -0.39 is 0 Å². The molecule has 32 heavy (non-hydrogen) atoms. The van der Waals surface area contributed by atoms with Gasteiger partial charge in [0.2, 0.25) is 0 Å². The van der Waals surface area contributed by atoms with Crippen LogP contribution in [0.15, 0.2) is 49.2 Å². The molecule has 1 fully saturated rings. The summed E-state index contributed by atoms with van der Waals surface area (Å²) in [7, 11) is 0. The molecule has 0 spiro atoms. The fourth-order valence-electron chi connectivity index (χ4n) is 4.70. The van der Waals surface area contributed by atoms with Crippen molar-refractivity contribution in [1.29, 1.82) is 10.5 Å². The van der Waals surface area contributed by atoms with Crippen molar-refractivity contribution in [2.24, 2.45) is 5.92 Å². The van der Waals surface area contributed by atoms with E-state index in [4.69, 9.17) is 0 Å². The number of fused-ring (bicyclic) bond motifs is 1. The van der Waals surface area contributed by atoms with Gasteiger partial charge in [0, 0.05) is 42.4 Å². The van der Waals surface area contributed by atoms with Crippen LogP contribution in [-0.4, -0.2) is 37.8 Å². The van der Waals surface area contributed by atoms with Gasteiger partial charge in [0.1, 0.15) is 18.0 Å². The summed E-state index contributed by atoms with van der Waals surface area (Å²) in [6, 6.07) is 12.6. The van der Waals surface area contributed by atoms with E-state index in [-0.39, 0.29) is 12.0 Å². The second-order valence-corrected chi connectivity index (χ2v) is 8.18. The summed E-state index contributed by atoms with van der Waals surface area (Å²) in [6.45, 7) is 3.61. The number of nitriles is 2. The highest BCUT2D eigenvalue weighted by atomic mass is 15.3. The van der Waals surface area contributed by atoms with Crippen molar-refractivity contribution in [3.05, 3.63) is 60.3 Å². The Balaban J connectivity index is 1.42. The second-order valence-electron chi connectivity index (χ2n) is 8.18. The van der Waals surface area contributed by atoms with Crippen molar-refractivity contribution < 1.29 is 0 Å². The molecule has 5 rings (SSSR count). The van der Waals surface area contributed by atoms with Gasteiger partial charge in [0.15, 0.2) is 0 Å². The van der Waals surface area contributed by atoms with E-state index in [2.05, 4.69) is 37.1 Å². The molecular weight excluding hydrogens is 400 g/mol. The monoisotopic (exact) mass is 422 g/mol. The molecule has 8 nitrogen and oxygen atoms in total. The Bertz CT molecular complexity index is 1350. The number of H-pyrrole nitrogens is 1. The minimum absolute atomic E-state index is 0.0438.